The highest BCUT2D eigenvalue weighted by molar-refractivity contribution is 7.80. The van der Waals surface area contributed by atoms with Crippen LogP contribution in [0.1, 0.15) is 5.56 Å². The molecule has 28 heavy (non-hydrogen) atoms. The van der Waals surface area contributed by atoms with Crippen molar-refractivity contribution in [2.45, 2.75) is 6.54 Å². The number of halogens is 1. The van der Waals surface area contributed by atoms with Crippen molar-refractivity contribution in [3.8, 4) is 5.75 Å². The van der Waals surface area contributed by atoms with Gasteiger partial charge in [-0.05, 0) is 42.0 Å². The van der Waals surface area contributed by atoms with Crippen molar-refractivity contribution in [1.29, 1.82) is 0 Å². The van der Waals surface area contributed by atoms with E-state index in [4.69, 9.17) is 33.3 Å². The third-order valence-electron chi connectivity index (χ3n) is 4.62. The van der Waals surface area contributed by atoms with Crippen molar-refractivity contribution in [1.82, 2.24) is 14.8 Å². The Balaban J connectivity index is 1.68. The van der Waals surface area contributed by atoms with Gasteiger partial charge in [-0.3, -0.25) is 9.88 Å². The van der Waals surface area contributed by atoms with Gasteiger partial charge in [0.1, 0.15) is 5.75 Å². The number of aromatic nitrogens is 1. The summed E-state index contributed by atoms with van der Waals surface area (Å²) >= 11 is 12.1. The van der Waals surface area contributed by atoms with Gasteiger partial charge in [-0.1, -0.05) is 11.6 Å². The maximum Gasteiger partial charge on any atom is 0.173 e. The fourth-order valence-corrected chi connectivity index (χ4v) is 3.45. The highest BCUT2D eigenvalue weighted by Gasteiger charge is 2.16. The predicted octanol–water partition coefficient (Wildman–Crippen LogP) is 3.27. The second-order valence-electron chi connectivity index (χ2n) is 6.51. The Morgan fingerprint density at radius 3 is 2.71 bits per heavy atom. The second kappa shape index (κ2) is 10.6. The van der Waals surface area contributed by atoms with Gasteiger partial charge in [0.05, 0.1) is 31.0 Å². The SMILES string of the molecule is COc1ccc(NC(=S)N(CCN2CCOCC2)Cc2ccncc2)c(Cl)c1. The molecule has 150 valence electrons. The lowest BCUT2D eigenvalue weighted by molar-refractivity contribution is 0.0358. The molecule has 1 aromatic heterocycles. The Kier molecular flexibility index (Phi) is 7.85. The molecule has 0 spiro atoms. The molecular formula is C20H25ClN4O2S. The number of hydrogen-bond acceptors (Lipinski definition) is 5. The largest absolute Gasteiger partial charge is 0.497 e. The van der Waals surface area contributed by atoms with Gasteiger partial charge in [0, 0.05) is 51.2 Å². The molecule has 1 saturated heterocycles. The fraction of sp³-hybridized carbons (Fsp3) is 0.400. The highest BCUT2D eigenvalue weighted by atomic mass is 35.5. The minimum absolute atomic E-state index is 0.568. The van der Waals surface area contributed by atoms with Gasteiger partial charge < -0.3 is 19.7 Å². The van der Waals surface area contributed by atoms with E-state index in [0.717, 1.165) is 50.6 Å². The lowest BCUT2D eigenvalue weighted by atomic mass is 10.2. The molecular weight excluding hydrogens is 396 g/mol. The Morgan fingerprint density at radius 2 is 2.04 bits per heavy atom. The quantitative estimate of drug-likeness (QED) is 0.690. The number of nitrogens with zero attached hydrogens (tertiary/aromatic N) is 3. The second-order valence-corrected chi connectivity index (χ2v) is 7.30. The molecule has 1 fully saturated rings. The number of nitrogens with one attached hydrogen (secondary N) is 1. The number of methoxy groups -OCH3 is 1. The molecule has 1 N–H and O–H groups in total. The summed E-state index contributed by atoms with van der Waals surface area (Å²) in [6.45, 7) is 5.91. The van der Waals surface area contributed by atoms with E-state index in [1.54, 1.807) is 25.6 Å². The molecule has 6 nitrogen and oxygen atoms in total. The zero-order chi connectivity index (χ0) is 19.8. The van der Waals surface area contributed by atoms with Gasteiger partial charge in [-0.25, -0.2) is 0 Å². The lowest BCUT2D eigenvalue weighted by Crippen LogP contribution is -2.44. The van der Waals surface area contributed by atoms with E-state index < -0.39 is 0 Å². The number of rotatable bonds is 7. The van der Waals surface area contributed by atoms with Crippen LogP contribution in [0, 0.1) is 0 Å². The van der Waals surface area contributed by atoms with Crippen molar-refractivity contribution < 1.29 is 9.47 Å². The molecule has 0 saturated carbocycles. The van der Waals surface area contributed by atoms with Crippen LogP contribution in [-0.4, -0.2) is 66.4 Å². The molecule has 0 atom stereocenters. The molecule has 1 aromatic carbocycles. The number of hydrogen-bond donors (Lipinski definition) is 1. The van der Waals surface area contributed by atoms with Crippen molar-refractivity contribution >= 4 is 34.6 Å². The first kappa shape index (κ1) is 20.8. The standard InChI is InChI=1S/C20H25ClN4O2S/c1-26-17-2-3-19(18(21)14-17)23-20(28)25(15-16-4-6-22-7-5-16)9-8-24-10-12-27-13-11-24/h2-7,14H,8-13,15H2,1H3,(H,23,28). The molecule has 1 aliphatic rings. The first-order chi connectivity index (χ1) is 13.7. The summed E-state index contributed by atoms with van der Waals surface area (Å²) in [5.41, 5.74) is 1.92. The Labute approximate surface area is 176 Å². The third kappa shape index (κ3) is 6.04. The summed E-state index contributed by atoms with van der Waals surface area (Å²) in [6, 6.07) is 9.51. The molecule has 8 heteroatoms. The molecule has 0 amide bonds. The molecule has 0 bridgehead atoms. The number of thiocarbonyl (C=S) groups is 1. The number of ether oxygens (including phenoxy) is 2. The van der Waals surface area contributed by atoms with E-state index >= 15 is 0 Å². The van der Waals surface area contributed by atoms with E-state index in [1.165, 1.54) is 0 Å². The van der Waals surface area contributed by atoms with Crippen molar-refractivity contribution in [2.75, 3.05) is 51.8 Å². The van der Waals surface area contributed by atoms with E-state index in [-0.39, 0.29) is 0 Å². The number of morpholine rings is 1. The third-order valence-corrected chi connectivity index (χ3v) is 5.29. The van der Waals surface area contributed by atoms with Gasteiger partial charge in [-0.2, -0.15) is 0 Å². The van der Waals surface area contributed by atoms with E-state index in [2.05, 4.69) is 20.1 Å². The average Bonchev–Trinajstić information content (AvgIpc) is 2.74. The van der Waals surface area contributed by atoms with Crippen LogP contribution in [-0.2, 0) is 11.3 Å². The molecule has 0 aliphatic carbocycles. The van der Waals surface area contributed by atoms with Gasteiger partial charge in [-0.15, -0.1) is 0 Å². The summed E-state index contributed by atoms with van der Waals surface area (Å²) in [5, 5.41) is 4.49. The summed E-state index contributed by atoms with van der Waals surface area (Å²) < 4.78 is 10.6. The van der Waals surface area contributed by atoms with Crippen molar-refractivity contribution in [3.05, 3.63) is 53.3 Å². The summed E-state index contributed by atoms with van der Waals surface area (Å²) in [6.07, 6.45) is 3.60. The van der Waals surface area contributed by atoms with Crippen LogP contribution in [0.2, 0.25) is 5.02 Å². The number of anilines is 1. The molecule has 2 aromatic rings. The van der Waals surface area contributed by atoms with Crippen LogP contribution in [0.15, 0.2) is 42.7 Å². The van der Waals surface area contributed by atoms with Crippen LogP contribution in [0.4, 0.5) is 5.69 Å². The Bertz CT molecular complexity index is 772. The van der Waals surface area contributed by atoms with Gasteiger partial charge in [0.25, 0.3) is 0 Å². The summed E-state index contributed by atoms with van der Waals surface area (Å²) in [7, 11) is 1.62. The van der Waals surface area contributed by atoms with E-state index in [0.29, 0.717) is 22.4 Å². The zero-order valence-corrected chi connectivity index (χ0v) is 17.5. The molecule has 3 rings (SSSR count). The van der Waals surface area contributed by atoms with E-state index in [9.17, 15) is 0 Å². The maximum absolute atomic E-state index is 6.36. The molecule has 0 unspecified atom stereocenters. The van der Waals surface area contributed by atoms with Crippen molar-refractivity contribution in [2.24, 2.45) is 0 Å². The van der Waals surface area contributed by atoms with Gasteiger partial charge >= 0.3 is 0 Å². The average molecular weight is 421 g/mol. The molecule has 0 radical (unpaired) electrons. The summed E-state index contributed by atoms with van der Waals surface area (Å²) in [5.74, 6) is 0.711. The van der Waals surface area contributed by atoms with Crippen LogP contribution in [0.25, 0.3) is 0 Å². The zero-order valence-electron chi connectivity index (χ0n) is 15.9. The topological polar surface area (TPSA) is 49.9 Å². The molecule has 2 heterocycles. The van der Waals surface area contributed by atoms with Crippen LogP contribution < -0.4 is 10.1 Å². The fourth-order valence-electron chi connectivity index (χ4n) is 2.97. The highest BCUT2D eigenvalue weighted by Crippen LogP contribution is 2.27. The molecule has 1 aliphatic heterocycles. The normalized spacial score (nSPS) is 14.5. The first-order valence-corrected chi connectivity index (χ1v) is 10.0. The van der Waals surface area contributed by atoms with E-state index in [1.807, 2.05) is 24.3 Å². The smallest absolute Gasteiger partial charge is 0.173 e. The maximum atomic E-state index is 6.36. The Hall–Kier alpha value is -1.93. The van der Waals surface area contributed by atoms with Gasteiger partial charge in [0.15, 0.2) is 5.11 Å². The first-order valence-electron chi connectivity index (χ1n) is 9.24. The number of benzene rings is 1. The van der Waals surface area contributed by atoms with Crippen molar-refractivity contribution in [3.63, 3.8) is 0 Å². The van der Waals surface area contributed by atoms with Crippen LogP contribution in [0.3, 0.4) is 0 Å². The monoisotopic (exact) mass is 420 g/mol. The number of pyridine rings is 1. The van der Waals surface area contributed by atoms with Crippen LogP contribution >= 0.6 is 23.8 Å². The minimum Gasteiger partial charge on any atom is -0.497 e. The van der Waals surface area contributed by atoms with Crippen LogP contribution in [0.5, 0.6) is 5.75 Å². The minimum atomic E-state index is 0.568. The Morgan fingerprint density at radius 1 is 1.29 bits per heavy atom. The summed E-state index contributed by atoms with van der Waals surface area (Å²) in [4.78, 5) is 8.64. The lowest BCUT2D eigenvalue weighted by Gasteiger charge is -2.31. The van der Waals surface area contributed by atoms with Gasteiger partial charge in [0.2, 0.25) is 0 Å². The predicted molar refractivity (Wildman–Crippen MR) is 116 cm³/mol.